The lowest BCUT2D eigenvalue weighted by atomic mass is 9.69. The van der Waals surface area contributed by atoms with E-state index in [0.29, 0.717) is 10.8 Å². The molecule has 0 spiro atoms. The van der Waals surface area contributed by atoms with Gasteiger partial charge in [-0.25, -0.2) is 0 Å². The SMILES string of the molecule is C=C1C[C@@H]2CC[C@]1(C)C2(C)C. The van der Waals surface area contributed by atoms with Gasteiger partial charge in [-0.1, -0.05) is 32.9 Å². The van der Waals surface area contributed by atoms with E-state index in [2.05, 4.69) is 27.4 Å². The van der Waals surface area contributed by atoms with Gasteiger partial charge in [0.05, 0.1) is 0 Å². The first-order valence-corrected chi connectivity index (χ1v) is 4.67. The molecular formula is C11H18. The fourth-order valence-electron chi connectivity index (χ4n) is 3.11. The summed E-state index contributed by atoms with van der Waals surface area (Å²) in [7, 11) is 0. The second-order valence-corrected chi connectivity index (χ2v) is 5.10. The van der Waals surface area contributed by atoms with Gasteiger partial charge in [-0.05, 0) is 36.0 Å². The molecule has 0 radical (unpaired) electrons. The van der Waals surface area contributed by atoms with Gasteiger partial charge in [0.15, 0.2) is 0 Å². The molecule has 2 aliphatic carbocycles. The summed E-state index contributed by atoms with van der Waals surface area (Å²) in [5, 5.41) is 0. The smallest absolute Gasteiger partial charge is 0.00650 e. The molecule has 2 fully saturated rings. The summed E-state index contributed by atoms with van der Waals surface area (Å²) in [5.41, 5.74) is 2.51. The van der Waals surface area contributed by atoms with Crippen molar-refractivity contribution in [2.24, 2.45) is 16.7 Å². The molecule has 0 N–H and O–H groups in total. The fraction of sp³-hybridized carbons (Fsp3) is 0.818. The third kappa shape index (κ3) is 0.617. The lowest BCUT2D eigenvalue weighted by molar-refractivity contribution is 0.179. The topological polar surface area (TPSA) is 0 Å². The summed E-state index contributed by atoms with van der Waals surface area (Å²) in [6, 6.07) is 0. The maximum atomic E-state index is 4.20. The van der Waals surface area contributed by atoms with Gasteiger partial charge in [0.25, 0.3) is 0 Å². The second-order valence-electron chi connectivity index (χ2n) is 5.10. The zero-order valence-electron chi connectivity index (χ0n) is 7.91. The molecule has 11 heavy (non-hydrogen) atoms. The molecule has 0 heteroatoms. The summed E-state index contributed by atoms with van der Waals surface area (Å²) in [6.45, 7) is 11.4. The van der Waals surface area contributed by atoms with E-state index in [-0.39, 0.29) is 0 Å². The minimum atomic E-state index is 0.470. The van der Waals surface area contributed by atoms with Gasteiger partial charge in [-0.2, -0.15) is 0 Å². The van der Waals surface area contributed by atoms with E-state index in [1.165, 1.54) is 24.8 Å². The van der Waals surface area contributed by atoms with Crippen molar-refractivity contribution in [3.05, 3.63) is 12.2 Å². The van der Waals surface area contributed by atoms with E-state index >= 15 is 0 Å². The van der Waals surface area contributed by atoms with Crippen molar-refractivity contribution < 1.29 is 0 Å². The largest absolute Gasteiger partial charge is 0.0993 e. The minimum Gasteiger partial charge on any atom is -0.0993 e. The molecule has 2 bridgehead atoms. The average molecular weight is 150 g/mol. The maximum Gasteiger partial charge on any atom is -0.00650 e. The van der Waals surface area contributed by atoms with E-state index in [1.807, 2.05) is 0 Å². The molecule has 0 aromatic rings. The van der Waals surface area contributed by atoms with Crippen LogP contribution in [0.4, 0.5) is 0 Å². The molecule has 0 amide bonds. The Morgan fingerprint density at radius 3 is 2.18 bits per heavy atom. The lowest BCUT2D eigenvalue weighted by Gasteiger charge is -2.35. The van der Waals surface area contributed by atoms with Crippen molar-refractivity contribution in [3.63, 3.8) is 0 Å². The molecule has 2 saturated carbocycles. The number of allylic oxidation sites excluding steroid dienone is 1. The van der Waals surface area contributed by atoms with Gasteiger partial charge in [0.1, 0.15) is 0 Å². The van der Waals surface area contributed by atoms with Gasteiger partial charge in [0.2, 0.25) is 0 Å². The third-order valence-electron chi connectivity index (χ3n) is 4.71. The standard InChI is InChI=1S/C11H18/c1-8-7-9-5-6-11(8,4)10(9,2)3/h9H,1,5-7H2,2-4H3/t9-,11-/m0/s1. The van der Waals surface area contributed by atoms with Crippen LogP contribution in [-0.2, 0) is 0 Å². The third-order valence-corrected chi connectivity index (χ3v) is 4.71. The quantitative estimate of drug-likeness (QED) is 0.464. The predicted molar refractivity (Wildman–Crippen MR) is 48.4 cm³/mol. The van der Waals surface area contributed by atoms with E-state index in [4.69, 9.17) is 0 Å². The van der Waals surface area contributed by atoms with Crippen molar-refractivity contribution in [1.29, 1.82) is 0 Å². The highest BCUT2D eigenvalue weighted by Gasteiger charge is 2.57. The Morgan fingerprint density at radius 1 is 1.36 bits per heavy atom. The molecule has 2 rings (SSSR count). The number of fused-ring (bicyclic) bond motifs is 2. The van der Waals surface area contributed by atoms with Crippen molar-refractivity contribution in [1.82, 2.24) is 0 Å². The molecule has 0 aromatic carbocycles. The van der Waals surface area contributed by atoms with E-state index < -0.39 is 0 Å². The van der Waals surface area contributed by atoms with Gasteiger partial charge in [-0.15, -0.1) is 0 Å². The van der Waals surface area contributed by atoms with Gasteiger partial charge < -0.3 is 0 Å². The van der Waals surface area contributed by atoms with Crippen LogP contribution in [0.25, 0.3) is 0 Å². The van der Waals surface area contributed by atoms with Gasteiger partial charge >= 0.3 is 0 Å². The monoisotopic (exact) mass is 150 g/mol. The van der Waals surface area contributed by atoms with Crippen LogP contribution in [0.1, 0.15) is 40.0 Å². The Balaban J connectivity index is 2.47. The Hall–Kier alpha value is -0.260. The zero-order chi connectivity index (χ0) is 8.28. The summed E-state index contributed by atoms with van der Waals surface area (Å²) >= 11 is 0. The Bertz CT molecular complexity index is 212. The maximum absolute atomic E-state index is 4.20. The van der Waals surface area contributed by atoms with Crippen molar-refractivity contribution >= 4 is 0 Å². The number of hydrogen-bond donors (Lipinski definition) is 0. The van der Waals surface area contributed by atoms with Crippen molar-refractivity contribution in [2.45, 2.75) is 40.0 Å². The molecule has 0 saturated heterocycles. The number of rotatable bonds is 0. The summed E-state index contributed by atoms with van der Waals surface area (Å²) in [6.07, 6.45) is 4.11. The number of hydrogen-bond acceptors (Lipinski definition) is 0. The van der Waals surface area contributed by atoms with E-state index in [1.54, 1.807) is 0 Å². The van der Waals surface area contributed by atoms with Crippen LogP contribution < -0.4 is 0 Å². The molecular weight excluding hydrogens is 132 g/mol. The predicted octanol–water partition coefficient (Wildman–Crippen LogP) is 3.39. The highest BCUT2D eigenvalue weighted by molar-refractivity contribution is 5.26. The van der Waals surface area contributed by atoms with Crippen LogP contribution in [0.3, 0.4) is 0 Å². The van der Waals surface area contributed by atoms with E-state index in [9.17, 15) is 0 Å². The van der Waals surface area contributed by atoms with Gasteiger partial charge in [-0.3, -0.25) is 0 Å². The first kappa shape index (κ1) is 7.39. The lowest BCUT2D eigenvalue weighted by Crippen LogP contribution is -2.27. The van der Waals surface area contributed by atoms with Crippen LogP contribution in [-0.4, -0.2) is 0 Å². The summed E-state index contributed by atoms with van der Waals surface area (Å²) in [4.78, 5) is 0. The normalized spacial score (nSPS) is 46.8. The Morgan fingerprint density at radius 2 is 2.00 bits per heavy atom. The molecule has 0 nitrogen and oxygen atoms in total. The molecule has 2 atom stereocenters. The zero-order valence-corrected chi connectivity index (χ0v) is 7.91. The second kappa shape index (κ2) is 1.73. The Kier molecular flexibility index (Phi) is 1.16. The van der Waals surface area contributed by atoms with Crippen LogP contribution >= 0.6 is 0 Å². The molecule has 0 unspecified atom stereocenters. The first-order valence-electron chi connectivity index (χ1n) is 4.67. The van der Waals surface area contributed by atoms with Crippen LogP contribution in [0.2, 0.25) is 0 Å². The first-order chi connectivity index (χ1) is 4.98. The Labute approximate surface area is 69.7 Å². The molecule has 0 heterocycles. The molecule has 0 aliphatic heterocycles. The molecule has 0 aromatic heterocycles. The van der Waals surface area contributed by atoms with Crippen molar-refractivity contribution in [3.8, 4) is 0 Å². The van der Waals surface area contributed by atoms with Gasteiger partial charge in [0, 0.05) is 0 Å². The van der Waals surface area contributed by atoms with Crippen LogP contribution in [0.15, 0.2) is 12.2 Å². The summed E-state index contributed by atoms with van der Waals surface area (Å²) < 4.78 is 0. The summed E-state index contributed by atoms with van der Waals surface area (Å²) in [5.74, 6) is 0.931. The average Bonchev–Trinajstić information content (AvgIpc) is 2.20. The van der Waals surface area contributed by atoms with E-state index in [0.717, 1.165) is 5.92 Å². The molecule has 2 aliphatic rings. The fourth-order valence-corrected chi connectivity index (χ4v) is 3.11. The highest BCUT2D eigenvalue weighted by atomic mass is 14.6. The highest BCUT2D eigenvalue weighted by Crippen LogP contribution is 2.67. The van der Waals surface area contributed by atoms with Crippen molar-refractivity contribution in [2.75, 3.05) is 0 Å². The van der Waals surface area contributed by atoms with Crippen LogP contribution in [0.5, 0.6) is 0 Å². The molecule has 62 valence electrons. The minimum absolute atomic E-state index is 0.470. The van der Waals surface area contributed by atoms with Crippen LogP contribution in [0, 0.1) is 16.7 Å².